The molecule has 4 N–H and O–H groups in total. The van der Waals surface area contributed by atoms with E-state index in [4.69, 9.17) is 9.94 Å². The van der Waals surface area contributed by atoms with Gasteiger partial charge in [-0.3, -0.25) is 10.0 Å². The molecular weight excluding hydrogens is 458 g/mol. The van der Waals surface area contributed by atoms with Crippen LogP contribution in [-0.4, -0.2) is 52.9 Å². The van der Waals surface area contributed by atoms with Crippen LogP contribution in [0.5, 0.6) is 5.75 Å². The fraction of sp³-hybridized carbons (Fsp3) is 0.350. The molecule has 0 aliphatic rings. The van der Waals surface area contributed by atoms with Crippen LogP contribution >= 0.6 is 0 Å². The number of hydroxylamine groups is 1. The number of amides is 1. The monoisotopic (exact) mass is 485 g/mol. The largest absolute Gasteiger partial charge is 0.490 e. The molecule has 0 heterocycles. The highest BCUT2D eigenvalue weighted by molar-refractivity contribution is 7.89. The normalized spacial score (nSPS) is 13.0. The summed E-state index contributed by atoms with van der Waals surface area (Å²) in [5.41, 5.74) is 2.92. The van der Waals surface area contributed by atoms with Crippen molar-refractivity contribution in [1.82, 2.24) is 14.9 Å². The van der Waals surface area contributed by atoms with Gasteiger partial charge in [-0.1, -0.05) is 30.3 Å². The van der Waals surface area contributed by atoms with Crippen molar-refractivity contribution < 1.29 is 31.6 Å². The second kappa shape index (κ2) is 10.9. The molecular formula is C20H27N3O7S2. The maximum atomic E-state index is 12.9. The van der Waals surface area contributed by atoms with E-state index in [-0.39, 0.29) is 24.0 Å². The maximum Gasteiger partial charge on any atom is 0.261 e. The Hall–Kier alpha value is -2.51. The Balaban J connectivity index is 2.35. The van der Waals surface area contributed by atoms with Gasteiger partial charge in [0.2, 0.25) is 20.0 Å². The molecule has 1 atom stereocenters. The van der Waals surface area contributed by atoms with E-state index in [9.17, 15) is 21.6 Å². The van der Waals surface area contributed by atoms with Gasteiger partial charge in [0.1, 0.15) is 11.8 Å². The molecule has 0 aliphatic carbocycles. The highest BCUT2D eigenvalue weighted by atomic mass is 32.2. The Morgan fingerprint density at radius 1 is 1.06 bits per heavy atom. The molecule has 0 spiro atoms. The predicted molar refractivity (Wildman–Crippen MR) is 119 cm³/mol. The number of carbonyl (C=O) groups is 1. The summed E-state index contributed by atoms with van der Waals surface area (Å²) in [5.74, 6) is -0.681. The van der Waals surface area contributed by atoms with Gasteiger partial charge in [0, 0.05) is 18.2 Å². The number of sulfonamides is 2. The third-order valence-corrected chi connectivity index (χ3v) is 6.43. The van der Waals surface area contributed by atoms with Crippen LogP contribution in [0.3, 0.4) is 0 Å². The van der Waals surface area contributed by atoms with Crippen molar-refractivity contribution in [2.75, 3.05) is 12.8 Å². The lowest BCUT2D eigenvalue weighted by Gasteiger charge is -2.19. The lowest BCUT2D eigenvalue weighted by atomic mass is 10.0. The molecule has 12 heteroatoms. The predicted octanol–water partition coefficient (Wildman–Crippen LogP) is 1.23. The van der Waals surface area contributed by atoms with Gasteiger partial charge in [-0.2, -0.15) is 4.72 Å². The number of rotatable bonds is 11. The molecule has 0 saturated heterocycles. The summed E-state index contributed by atoms with van der Waals surface area (Å²) in [7, 11) is -7.75. The fourth-order valence-corrected chi connectivity index (χ4v) is 4.58. The number of hydrogen-bond acceptors (Lipinski definition) is 7. The van der Waals surface area contributed by atoms with E-state index in [0.717, 1.165) is 11.8 Å². The SMILES string of the molecule is CC(C)Oc1cc(S(=O)(=O)N[C@H](CCNS(C)(=O)=O)C(=O)NO)ccc1-c1ccccc1. The molecule has 0 fully saturated rings. The Morgan fingerprint density at radius 3 is 2.28 bits per heavy atom. The number of ether oxygens (including phenoxy) is 1. The molecule has 0 saturated carbocycles. The first-order chi connectivity index (χ1) is 14.9. The summed E-state index contributed by atoms with van der Waals surface area (Å²) < 4.78 is 58.5. The van der Waals surface area contributed by atoms with Crippen LogP contribution in [0.25, 0.3) is 11.1 Å². The minimum Gasteiger partial charge on any atom is -0.490 e. The Bertz CT molecular complexity index is 1140. The average Bonchev–Trinajstić information content (AvgIpc) is 2.71. The summed E-state index contributed by atoms with van der Waals surface area (Å²) in [5, 5.41) is 8.94. The van der Waals surface area contributed by atoms with Gasteiger partial charge in [-0.05, 0) is 38.0 Å². The van der Waals surface area contributed by atoms with E-state index in [0.29, 0.717) is 11.3 Å². The Morgan fingerprint density at radius 2 is 1.72 bits per heavy atom. The van der Waals surface area contributed by atoms with Crippen molar-refractivity contribution in [2.24, 2.45) is 0 Å². The number of benzene rings is 2. The van der Waals surface area contributed by atoms with Crippen molar-refractivity contribution in [3.8, 4) is 16.9 Å². The molecule has 2 rings (SSSR count). The summed E-state index contributed by atoms with van der Waals surface area (Å²) in [6.45, 7) is 3.41. The van der Waals surface area contributed by atoms with E-state index in [1.165, 1.54) is 17.6 Å². The van der Waals surface area contributed by atoms with E-state index in [1.54, 1.807) is 6.07 Å². The molecule has 0 bridgehead atoms. The van der Waals surface area contributed by atoms with Crippen LogP contribution in [0.4, 0.5) is 0 Å². The van der Waals surface area contributed by atoms with Gasteiger partial charge in [0.05, 0.1) is 17.3 Å². The van der Waals surface area contributed by atoms with Gasteiger partial charge in [0.15, 0.2) is 0 Å². The first kappa shape index (κ1) is 25.7. The van der Waals surface area contributed by atoms with Gasteiger partial charge < -0.3 is 4.74 Å². The van der Waals surface area contributed by atoms with Crippen LogP contribution in [0.1, 0.15) is 20.3 Å². The zero-order chi connectivity index (χ0) is 23.9. The summed E-state index contributed by atoms with van der Waals surface area (Å²) in [6.07, 6.45) is 0.484. The minimum absolute atomic E-state index is 0.153. The lowest BCUT2D eigenvalue weighted by molar-refractivity contribution is -0.131. The molecule has 0 radical (unpaired) electrons. The number of carbonyl (C=O) groups excluding carboxylic acids is 1. The molecule has 2 aromatic rings. The van der Waals surface area contributed by atoms with Crippen molar-refractivity contribution >= 4 is 26.0 Å². The molecule has 32 heavy (non-hydrogen) atoms. The minimum atomic E-state index is -4.22. The quantitative estimate of drug-likeness (QED) is 0.276. The van der Waals surface area contributed by atoms with Gasteiger partial charge in [-0.25, -0.2) is 27.0 Å². The zero-order valence-corrected chi connectivity index (χ0v) is 19.5. The average molecular weight is 486 g/mol. The zero-order valence-electron chi connectivity index (χ0n) is 17.9. The van der Waals surface area contributed by atoms with Crippen LogP contribution in [0.15, 0.2) is 53.4 Å². The van der Waals surface area contributed by atoms with E-state index in [2.05, 4.69) is 9.44 Å². The second-order valence-corrected chi connectivity index (χ2v) is 10.8. The van der Waals surface area contributed by atoms with E-state index in [1.807, 2.05) is 44.2 Å². The van der Waals surface area contributed by atoms with Crippen LogP contribution in [-0.2, 0) is 24.8 Å². The van der Waals surface area contributed by atoms with Gasteiger partial charge >= 0.3 is 0 Å². The van der Waals surface area contributed by atoms with E-state index < -0.39 is 32.0 Å². The molecule has 10 nitrogen and oxygen atoms in total. The topological polar surface area (TPSA) is 151 Å². The van der Waals surface area contributed by atoms with Crippen molar-refractivity contribution in [1.29, 1.82) is 0 Å². The maximum absolute atomic E-state index is 12.9. The van der Waals surface area contributed by atoms with Crippen LogP contribution in [0.2, 0.25) is 0 Å². The van der Waals surface area contributed by atoms with Crippen molar-refractivity contribution in [3.63, 3.8) is 0 Å². The number of hydrogen-bond donors (Lipinski definition) is 4. The van der Waals surface area contributed by atoms with E-state index >= 15 is 0 Å². The standard InChI is InChI=1S/C20H27N3O7S2/c1-14(2)30-19-13-16(9-10-17(19)15-7-5-4-6-8-15)32(28,29)23-18(20(24)22-25)11-12-21-31(3,26)27/h4-10,13-14,18,21,23,25H,11-12H2,1-3H3,(H,22,24)/t18-/m1/s1. The van der Waals surface area contributed by atoms with Crippen molar-refractivity contribution in [3.05, 3.63) is 48.5 Å². The Kier molecular flexibility index (Phi) is 8.75. The fourth-order valence-electron chi connectivity index (χ4n) is 2.84. The van der Waals surface area contributed by atoms with Crippen LogP contribution < -0.4 is 19.7 Å². The highest BCUT2D eigenvalue weighted by Crippen LogP contribution is 2.33. The summed E-state index contributed by atoms with van der Waals surface area (Å²) in [4.78, 5) is 11.8. The molecule has 1 amide bonds. The summed E-state index contributed by atoms with van der Waals surface area (Å²) >= 11 is 0. The highest BCUT2D eigenvalue weighted by Gasteiger charge is 2.26. The Labute approximate surface area is 188 Å². The van der Waals surface area contributed by atoms with Crippen LogP contribution in [0, 0.1) is 0 Å². The summed E-state index contributed by atoms with van der Waals surface area (Å²) in [6, 6.07) is 12.2. The second-order valence-electron chi connectivity index (χ2n) is 7.30. The third kappa shape index (κ3) is 7.57. The lowest BCUT2D eigenvalue weighted by Crippen LogP contribution is -2.47. The van der Waals surface area contributed by atoms with Gasteiger partial charge in [-0.15, -0.1) is 0 Å². The first-order valence-electron chi connectivity index (χ1n) is 9.70. The molecule has 0 aromatic heterocycles. The molecule has 2 aromatic carbocycles. The molecule has 0 unspecified atom stereocenters. The molecule has 0 aliphatic heterocycles. The van der Waals surface area contributed by atoms with Gasteiger partial charge in [0.25, 0.3) is 5.91 Å². The molecule has 176 valence electrons. The smallest absolute Gasteiger partial charge is 0.261 e. The third-order valence-electron chi connectivity index (χ3n) is 4.23. The van der Waals surface area contributed by atoms with Crippen molar-refractivity contribution in [2.45, 2.75) is 37.3 Å². The number of nitrogens with one attached hydrogen (secondary N) is 3. The first-order valence-corrected chi connectivity index (χ1v) is 13.1.